The van der Waals surface area contributed by atoms with Gasteiger partial charge in [-0.3, -0.25) is 0 Å². The number of benzene rings is 1. The molecule has 3 nitrogen and oxygen atoms in total. The van der Waals surface area contributed by atoms with Gasteiger partial charge in [-0.25, -0.2) is 4.79 Å². The van der Waals surface area contributed by atoms with Crippen LogP contribution in [0.4, 0.5) is 0 Å². The maximum absolute atomic E-state index is 11.4. The fourth-order valence-electron chi connectivity index (χ4n) is 1.45. The van der Waals surface area contributed by atoms with E-state index in [0.717, 1.165) is 0 Å². The van der Waals surface area contributed by atoms with Gasteiger partial charge < -0.3 is 9.47 Å². The smallest absolute Gasteiger partial charge is 0.338 e. The van der Waals surface area contributed by atoms with Crippen LogP contribution in [0.1, 0.15) is 5.56 Å². The van der Waals surface area contributed by atoms with Gasteiger partial charge in [-0.1, -0.05) is 23.2 Å². The average molecular weight is 259 g/mol. The topological polar surface area (TPSA) is 35.5 Å². The predicted octanol–water partition coefficient (Wildman–Crippen LogP) is 2.86. The van der Waals surface area contributed by atoms with Crippen LogP contribution in [0.25, 0.3) is 5.03 Å². The molecule has 1 aromatic rings. The molecule has 1 aliphatic rings. The summed E-state index contributed by atoms with van der Waals surface area (Å²) in [5.74, 6) is 0.123. The fourth-order valence-corrected chi connectivity index (χ4v) is 1.90. The lowest BCUT2D eigenvalue weighted by Gasteiger charge is -2.19. The maximum Gasteiger partial charge on any atom is 0.338 e. The number of halogens is 2. The highest BCUT2D eigenvalue weighted by molar-refractivity contribution is 6.51. The Morgan fingerprint density at radius 3 is 2.88 bits per heavy atom. The molecule has 0 N–H and O–H groups in total. The third-order valence-corrected chi connectivity index (χ3v) is 2.91. The summed E-state index contributed by atoms with van der Waals surface area (Å²) in [6, 6.07) is 5.07. The average Bonchev–Trinajstić information content (AvgIpc) is 2.29. The minimum atomic E-state index is -0.490. The molecule has 0 saturated heterocycles. The zero-order chi connectivity index (χ0) is 11.7. The first-order valence-corrected chi connectivity index (χ1v) is 5.28. The maximum atomic E-state index is 11.4. The summed E-state index contributed by atoms with van der Waals surface area (Å²) in [7, 11) is 1.30. The molecule has 16 heavy (non-hydrogen) atoms. The monoisotopic (exact) mass is 258 g/mol. The summed E-state index contributed by atoms with van der Waals surface area (Å²) < 4.78 is 9.99. The number of fused-ring (bicyclic) bond motifs is 1. The summed E-state index contributed by atoms with van der Waals surface area (Å²) in [6.07, 6.45) is 0. The lowest BCUT2D eigenvalue weighted by molar-refractivity contribution is -0.136. The molecule has 0 fully saturated rings. The van der Waals surface area contributed by atoms with E-state index in [1.54, 1.807) is 18.2 Å². The molecule has 0 atom stereocenters. The normalized spacial score (nSPS) is 14.2. The molecule has 1 aromatic carbocycles. The van der Waals surface area contributed by atoms with Gasteiger partial charge in [-0.05, 0) is 18.2 Å². The second-order valence-corrected chi connectivity index (χ2v) is 4.03. The van der Waals surface area contributed by atoms with Crippen molar-refractivity contribution in [2.75, 3.05) is 13.7 Å². The number of hydrogen-bond donors (Lipinski definition) is 0. The minimum absolute atomic E-state index is 0.111. The third-order valence-electron chi connectivity index (χ3n) is 2.25. The number of rotatable bonds is 1. The number of ether oxygens (including phenoxy) is 2. The molecule has 2 rings (SSSR count). The van der Waals surface area contributed by atoms with Gasteiger partial charge in [0, 0.05) is 10.6 Å². The highest BCUT2D eigenvalue weighted by atomic mass is 35.5. The van der Waals surface area contributed by atoms with Crippen LogP contribution in [-0.4, -0.2) is 19.7 Å². The Kier molecular flexibility index (Phi) is 3.08. The molecule has 0 bridgehead atoms. The van der Waals surface area contributed by atoms with Crippen LogP contribution in [0.15, 0.2) is 23.8 Å². The molecule has 0 unspecified atom stereocenters. The molecule has 5 heteroatoms. The first-order chi connectivity index (χ1) is 7.63. The second-order valence-electron chi connectivity index (χ2n) is 3.21. The Labute approximate surface area is 103 Å². The van der Waals surface area contributed by atoms with Crippen molar-refractivity contribution in [2.45, 2.75) is 0 Å². The van der Waals surface area contributed by atoms with Crippen LogP contribution >= 0.6 is 23.2 Å². The van der Waals surface area contributed by atoms with E-state index in [4.69, 9.17) is 27.9 Å². The van der Waals surface area contributed by atoms with Crippen molar-refractivity contribution < 1.29 is 14.3 Å². The summed E-state index contributed by atoms with van der Waals surface area (Å²) in [6.45, 7) is 0.111. The van der Waals surface area contributed by atoms with E-state index < -0.39 is 5.97 Å². The first kappa shape index (κ1) is 11.3. The molecule has 1 heterocycles. The molecular formula is C11H8Cl2O3. The molecule has 0 radical (unpaired) electrons. The molecule has 0 aliphatic carbocycles. The van der Waals surface area contributed by atoms with E-state index in [-0.39, 0.29) is 6.61 Å². The first-order valence-electron chi connectivity index (χ1n) is 4.53. The van der Waals surface area contributed by atoms with Gasteiger partial charge >= 0.3 is 5.97 Å². The van der Waals surface area contributed by atoms with Gasteiger partial charge in [-0.2, -0.15) is 0 Å². The molecule has 84 valence electrons. The van der Waals surface area contributed by atoms with Gasteiger partial charge in [0.25, 0.3) is 0 Å². The van der Waals surface area contributed by atoms with Crippen LogP contribution in [-0.2, 0) is 9.53 Å². The van der Waals surface area contributed by atoms with Gasteiger partial charge in [0.05, 0.1) is 17.7 Å². The van der Waals surface area contributed by atoms with Crippen LogP contribution < -0.4 is 4.74 Å². The zero-order valence-electron chi connectivity index (χ0n) is 8.42. The SMILES string of the molecule is COC(=O)C1=C(Cl)c2cc(Cl)ccc2OC1. The Hall–Kier alpha value is -1.19. The molecule has 0 saturated carbocycles. The van der Waals surface area contributed by atoms with Crippen LogP contribution in [0, 0.1) is 0 Å². The summed E-state index contributed by atoms with van der Waals surface area (Å²) >= 11 is 11.9. The third kappa shape index (κ3) is 1.88. The van der Waals surface area contributed by atoms with Crippen LogP contribution in [0.2, 0.25) is 5.02 Å². The largest absolute Gasteiger partial charge is 0.488 e. The Morgan fingerprint density at radius 1 is 1.44 bits per heavy atom. The highest BCUT2D eigenvalue weighted by Crippen LogP contribution is 2.37. The lowest BCUT2D eigenvalue weighted by atomic mass is 10.1. The standard InChI is InChI=1S/C11H8Cl2O3/c1-15-11(14)8-5-16-9-3-2-6(12)4-7(9)10(8)13/h2-4H,5H2,1H3. The van der Waals surface area contributed by atoms with Gasteiger partial charge in [0.2, 0.25) is 0 Å². The zero-order valence-corrected chi connectivity index (χ0v) is 9.93. The van der Waals surface area contributed by atoms with E-state index >= 15 is 0 Å². The molecule has 0 spiro atoms. The van der Waals surface area contributed by atoms with Crippen molar-refractivity contribution >= 4 is 34.2 Å². The lowest BCUT2D eigenvalue weighted by Crippen LogP contribution is -2.17. The Morgan fingerprint density at radius 2 is 2.19 bits per heavy atom. The van der Waals surface area contributed by atoms with Gasteiger partial charge in [-0.15, -0.1) is 0 Å². The number of carbonyl (C=O) groups excluding carboxylic acids is 1. The fraction of sp³-hybridized carbons (Fsp3) is 0.182. The number of carbonyl (C=O) groups is 1. The molecule has 0 aromatic heterocycles. The van der Waals surface area contributed by atoms with Crippen LogP contribution in [0.5, 0.6) is 5.75 Å². The Bertz CT molecular complexity index is 480. The van der Waals surface area contributed by atoms with Gasteiger partial charge in [0.15, 0.2) is 0 Å². The van der Waals surface area contributed by atoms with E-state index in [1.807, 2.05) is 0 Å². The molecule has 1 aliphatic heterocycles. The van der Waals surface area contributed by atoms with Crippen molar-refractivity contribution in [1.29, 1.82) is 0 Å². The van der Waals surface area contributed by atoms with Crippen molar-refractivity contribution in [2.24, 2.45) is 0 Å². The summed E-state index contributed by atoms with van der Waals surface area (Å²) in [4.78, 5) is 11.4. The highest BCUT2D eigenvalue weighted by Gasteiger charge is 2.24. The van der Waals surface area contributed by atoms with Gasteiger partial charge in [0.1, 0.15) is 12.4 Å². The predicted molar refractivity (Wildman–Crippen MR) is 61.7 cm³/mol. The second kappa shape index (κ2) is 4.36. The summed E-state index contributed by atoms with van der Waals surface area (Å²) in [5.41, 5.74) is 0.916. The number of methoxy groups -OCH3 is 1. The summed E-state index contributed by atoms with van der Waals surface area (Å²) in [5, 5.41) is 0.863. The van der Waals surface area contributed by atoms with Crippen molar-refractivity contribution in [3.05, 3.63) is 34.4 Å². The number of esters is 1. The van der Waals surface area contributed by atoms with E-state index in [1.165, 1.54) is 7.11 Å². The minimum Gasteiger partial charge on any atom is -0.488 e. The number of hydrogen-bond acceptors (Lipinski definition) is 3. The van der Waals surface area contributed by atoms with Crippen molar-refractivity contribution in [3.63, 3.8) is 0 Å². The molecule has 0 amide bonds. The van der Waals surface area contributed by atoms with E-state index in [9.17, 15) is 4.79 Å². The van der Waals surface area contributed by atoms with Crippen molar-refractivity contribution in [1.82, 2.24) is 0 Å². The van der Waals surface area contributed by atoms with E-state index in [0.29, 0.717) is 26.9 Å². The van der Waals surface area contributed by atoms with E-state index in [2.05, 4.69) is 4.74 Å². The van der Waals surface area contributed by atoms with Crippen LogP contribution in [0.3, 0.4) is 0 Å². The molecular weight excluding hydrogens is 251 g/mol. The quantitative estimate of drug-likeness (QED) is 0.727. The Balaban J connectivity index is 2.52. The van der Waals surface area contributed by atoms with Crippen molar-refractivity contribution in [3.8, 4) is 5.75 Å².